The molecule has 1 aromatic carbocycles. The minimum Gasteiger partial charge on any atom is -0.459 e. The van der Waals surface area contributed by atoms with Gasteiger partial charge in [-0.05, 0) is 36.6 Å². The van der Waals surface area contributed by atoms with Gasteiger partial charge in [0, 0.05) is 10.4 Å². The second-order valence-corrected chi connectivity index (χ2v) is 5.05. The number of halogens is 1. The zero-order chi connectivity index (χ0) is 11.1. The fraction of sp³-hybridized carbons (Fsp3) is 0.385. The van der Waals surface area contributed by atoms with E-state index in [2.05, 4.69) is 0 Å². The summed E-state index contributed by atoms with van der Waals surface area (Å²) in [6.07, 6.45) is 3.67. The van der Waals surface area contributed by atoms with E-state index in [-0.39, 0.29) is 6.04 Å². The number of fused-ring (bicyclic) bond motifs is 1. The maximum atomic E-state index is 6.11. The van der Waals surface area contributed by atoms with Gasteiger partial charge in [0.05, 0.1) is 6.04 Å². The predicted molar refractivity (Wildman–Crippen MR) is 65.5 cm³/mol. The van der Waals surface area contributed by atoms with Gasteiger partial charge in [0.2, 0.25) is 0 Å². The van der Waals surface area contributed by atoms with Crippen molar-refractivity contribution in [3.8, 4) is 0 Å². The molecule has 16 heavy (non-hydrogen) atoms. The first-order chi connectivity index (χ1) is 7.72. The highest BCUT2D eigenvalue weighted by molar-refractivity contribution is 6.31. The smallest absolute Gasteiger partial charge is 0.134 e. The Hall–Kier alpha value is -0.990. The van der Waals surface area contributed by atoms with E-state index in [1.807, 2.05) is 24.3 Å². The maximum Gasteiger partial charge on any atom is 0.134 e. The standard InChI is InChI=1S/C13H14ClNO/c14-10-3-4-12-9(6-10)7-13(16-12)11(15)5-8-1-2-8/h3-4,6-8,11H,1-2,5,15H2/t11-/m0/s1. The molecule has 2 nitrogen and oxygen atoms in total. The summed E-state index contributed by atoms with van der Waals surface area (Å²) in [5.74, 6) is 1.69. The van der Waals surface area contributed by atoms with Crippen molar-refractivity contribution in [2.24, 2.45) is 11.7 Å². The Morgan fingerprint density at radius 2 is 2.19 bits per heavy atom. The average molecular weight is 236 g/mol. The van der Waals surface area contributed by atoms with Crippen LogP contribution in [-0.2, 0) is 0 Å². The van der Waals surface area contributed by atoms with Gasteiger partial charge in [0.15, 0.2) is 0 Å². The second kappa shape index (κ2) is 3.79. The molecule has 1 atom stereocenters. The van der Waals surface area contributed by atoms with Gasteiger partial charge >= 0.3 is 0 Å². The highest BCUT2D eigenvalue weighted by Gasteiger charge is 2.25. The van der Waals surface area contributed by atoms with Gasteiger partial charge in [-0.15, -0.1) is 0 Å². The molecule has 1 saturated carbocycles. The van der Waals surface area contributed by atoms with E-state index >= 15 is 0 Å². The van der Waals surface area contributed by atoms with Gasteiger partial charge < -0.3 is 10.2 Å². The molecule has 1 heterocycles. The summed E-state index contributed by atoms with van der Waals surface area (Å²) in [7, 11) is 0. The minimum absolute atomic E-state index is 0.0266. The van der Waals surface area contributed by atoms with Gasteiger partial charge in [-0.2, -0.15) is 0 Å². The van der Waals surface area contributed by atoms with Crippen molar-refractivity contribution in [3.63, 3.8) is 0 Å². The van der Waals surface area contributed by atoms with Gasteiger partial charge in [-0.3, -0.25) is 0 Å². The Balaban J connectivity index is 1.91. The summed E-state index contributed by atoms with van der Waals surface area (Å²) in [6, 6.07) is 7.68. The third-order valence-corrected chi connectivity index (χ3v) is 3.38. The molecule has 0 spiro atoms. The average Bonchev–Trinajstić information content (AvgIpc) is 2.95. The van der Waals surface area contributed by atoms with Crippen LogP contribution in [0.3, 0.4) is 0 Å². The first kappa shape index (κ1) is 10.2. The topological polar surface area (TPSA) is 39.2 Å². The Bertz CT molecular complexity index is 516. The number of nitrogens with two attached hydrogens (primary N) is 1. The van der Waals surface area contributed by atoms with E-state index < -0.39 is 0 Å². The molecular formula is C13H14ClNO. The van der Waals surface area contributed by atoms with Crippen molar-refractivity contribution in [1.82, 2.24) is 0 Å². The number of benzene rings is 1. The van der Waals surface area contributed by atoms with Crippen LogP contribution in [0.4, 0.5) is 0 Å². The van der Waals surface area contributed by atoms with Crippen molar-refractivity contribution in [3.05, 3.63) is 35.0 Å². The Morgan fingerprint density at radius 3 is 2.94 bits per heavy atom. The van der Waals surface area contributed by atoms with Crippen LogP contribution in [0, 0.1) is 5.92 Å². The minimum atomic E-state index is 0.0266. The summed E-state index contributed by atoms with van der Waals surface area (Å²) in [5.41, 5.74) is 6.98. The molecule has 0 amide bonds. The lowest BCUT2D eigenvalue weighted by atomic mass is 10.1. The van der Waals surface area contributed by atoms with E-state index in [9.17, 15) is 0 Å². The molecule has 0 unspecified atom stereocenters. The monoisotopic (exact) mass is 235 g/mol. The fourth-order valence-electron chi connectivity index (χ4n) is 2.05. The molecule has 1 fully saturated rings. The number of rotatable bonds is 3. The number of hydrogen-bond acceptors (Lipinski definition) is 2. The van der Waals surface area contributed by atoms with Crippen LogP contribution in [0.2, 0.25) is 5.02 Å². The van der Waals surface area contributed by atoms with Crippen molar-refractivity contribution in [2.75, 3.05) is 0 Å². The van der Waals surface area contributed by atoms with E-state index in [0.29, 0.717) is 0 Å². The van der Waals surface area contributed by atoms with Crippen LogP contribution >= 0.6 is 11.6 Å². The van der Waals surface area contributed by atoms with Crippen LogP contribution in [0.25, 0.3) is 11.0 Å². The van der Waals surface area contributed by atoms with Crippen molar-refractivity contribution in [1.29, 1.82) is 0 Å². The summed E-state index contributed by atoms with van der Waals surface area (Å²) in [4.78, 5) is 0. The summed E-state index contributed by atoms with van der Waals surface area (Å²) >= 11 is 5.93. The molecule has 3 heteroatoms. The SMILES string of the molecule is N[C@@H](CC1CC1)c1cc2cc(Cl)ccc2o1. The van der Waals surface area contributed by atoms with E-state index in [1.165, 1.54) is 12.8 Å². The lowest BCUT2D eigenvalue weighted by Crippen LogP contribution is -2.09. The second-order valence-electron chi connectivity index (χ2n) is 4.62. The molecule has 1 aliphatic rings. The number of furan rings is 1. The quantitative estimate of drug-likeness (QED) is 0.877. The molecule has 1 aromatic heterocycles. The third-order valence-electron chi connectivity index (χ3n) is 3.15. The van der Waals surface area contributed by atoms with E-state index in [4.69, 9.17) is 21.8 Å². The van der Waals surface area contributed by atoms with Crippen molar-refractivity contribution in [2.45, 2.75) is 25.3 Å². The molecule has 0 bridgehead atoms. The zero-order valence-corrected chi connectivity index (χ0v) is 9.70. The van der Waals surface area contributed by atoms with Gasteiger partial charge in [-0.1, -0.05) is 24.4 Å². The molecular weight excluding hydrogens is 222 g/mol. The Kier molecular flexibility index (Phi) is 2.41. The molecule has 2 N–H and O–H groups in total. The Morgan fingerprint density at radius 1 is 1.38 bits per heavy atom. The summed E-state index contributed by atoms with van der Waals surface area (Å²) in [5, 5.41) is 1.77. The molecule has 2 aromatic rings. The largest absolute Gasteiger partial charge is 0.459 e. The van der Waals surface area contributed by atoms with Gasteiger partial charge in [0.25, 0.3) is 0 Å². The van der Waals surface area contributed by atoms with Crippen LogP contribution < -0.4 is 5.73 Å². The molecule has 0 radical (unpaired) electrons. The Labute approximate surface area is 99.4 Å². The number of hydrogen-bond donors (Lipinski definition) is 1. The van der Waals surface area contributed by atoms with Crippen molar-refractivity contribution >= 4 is 22.6 Å². The lowest BCUT2D eigenvalue weighted by molar-refractivity contribution is 0.463. The molecule has 1 aliphatic carbocycles. The molecule has 0 aliphatic heterocycles. The first-order valence-electron chi connectivity index (χ1n) is 5.67. The summed E-state index contributed by atoms with van der Waals surface area (Å²) < 4.78 is 5.73. The predicted octanol–water partition coefficient (Wildman–Crippen LogP) is 3.89. The first-order valence-corrected chi connectivity index (χ1v) is 6.05. The van der Waals surface area contributed by atoms with E-state index in [0.717, 1.165) is 34.1 Å². The fourth-order valence-corrected chi connectivity index (χ4v) is 2.23. The van der Waals surface area contributed by atoms with Gasteiger partial charge in [0.1, 0.15) is 11.3 Å². The highest BCUT2D eigenvalue weighted by Crippen LogP contribution is 2.37. The van der Waals surface area contributed by atoms with Crippen LogP contribution in [0.5, 0.6) is 0 Å². The van der Waals surface area contributed by atoms with Crippen molar-refractivity contribution < 1.29 is 4.42 Å². The molecule has 0 saturated heterocycles. The van der Waals surface area contributed by atoms with Crippen LogP contribution in [0.1, 0.15) is 31.1 Å². The molecule has 3 rings (SSSR count). The summed E-state index contributed by atoms with van der Waals surface area (Å²) in [6.45, 7) is 0. The third kappa shape index (κ3) is 1.95. The normalized spacial score (nSPS) is 17.9. The van der Waals surface area contributed by atoms with Crippen LogP contribution in [0.15, 0.2) is 28.7 Å². The highest BCUT2D eigenvalue weighted by atomic mass is 35.5. The van der Waals surface area contributed by atoms with Gasteiger partial charge in [-0.25, -0.2) is 0 Å². The van der Waals surface area contributed by atoms with Crippen LogP contribution in [-0.4, -0.2) is 0 Å². The molecule has 84 valence electrons. The lowest BCUT2D eigenvalue weighted by Gasteiger charge is -2.06. The van der Waals surface area contributed by atoms with E-state index in [1.54, 1.807) is 0 Å². The zero-order valence-electron chi connectivity index (χ0n) is 8.95. The maximum absolute atomic E-state index is 6.11.